The number of hydrogen-bond donors (Lipinski definition) is 2. The highest BCUT2D eigenvalue weighted by Crippen LogP contribution is 2.27. The van der Waals surface area contributed by atoms with E-state index in [1.165, 1.54) is 12.1 Å². The molecule has 1 aliphatic heterocycles. The number of halogens is 1. The summed E-state index contributed by atoms with van der Waals surface area (Å²) in [5.41, 5.74) is 0.891. The molecule has 3 atom stereocenters. The van der Waals surface area contributed by atoms with Crippen molar-refractivity contribution in [2.24, 2.45) is 5.92 Å². The Morgan fingerprint density at radius 1 is 1.17 bits per heavy atom. The van der Waals surface area contributed by atoms with E-state index in [4.69, 9.17) is 9.47 Å². The summed E-state index contributed by atoms with van der Waals surface area (Å²) in [5.74, 6) is -0.129. The number of nitrogens with zero attached hydrogens (tertiary/aromatic N) is 2. The molecule has 2 aromatic rings. The minimum absolute atomic E-state index is 0.0705. The van der Waals surface area contributed by atoms with Crippen molar-refractivity contribution in [3.63, 3.8) is 0 Å². The van der Waals surface area contributed by atoms with Gasteiger partial charge in [0.2, 0.25) is 0 Å². The second-order valence-electron chi connectivity index (χ2n) is 9.36. The summed E-state index contributed by atoms with van der Waals surface area (Å²) in [6.45, 7) is 8.96. The predicted octanol–water partition coefficient (Wildman–Crippen LogP) is 4.69. The van der Waals surface area contributed by atoms with Crippen LogP contribution in [0.25, 0.3) is 0 Å². The summed E-state index contributed by atoms with van der Waals surface area (Å²) in [4.78, 5) is 29.8. The molecule has 0 spiro atoms. The van der Waals surface area contributed by atoms with Crippen molar-refractivity contribution in [3.8, 4) is 5.75 Å². The summed E-state index contributed by atoms with van der Waals surface area (Å²) in [6.07, 6.45) is 0.895. The standard InChI is InChI=1S/C27H37FN4O4/c1-6-13-32-15-18(2)25(35-5)16-31(4)26(33)21-12-11-20(14-24(21)36-17-19(32)3)29-27(34)30-23-10-8-7-9-22(23)28/h7-12,14,18-19,25H,6,13,15-17H2,1-5H3,(H2,29,30,34)/t18-,19+,25-/m1/s1. The van der Waals surface area contributed by atoms with Crippen LogP contribution in [0.4, 0.5) is 20.6 Å². The van der Waals surface area contributed by atoms with Crippen LogP contribution in [0.2, 0.25) is 0 Å². The minimum atomic E-state index is -0.601. The van der Waals surface area contributed by atoms with Gasteiger partial charge in [-0.3, -0.25) is 9.69 Å². The zero-order chi connectivity index (χ0) is 26.2. The van der Waals surface area contributed by atoms with Gasteiger partial charge in [-0.2, -0.15) is 0 Å². The normalized spacial score (nSPS) is 21.6. The highest BCUT2D eigenvalue weighted by Gasteiger charge is 2.28. The van der Waals surface area contributed by atoms with Gasteiger partial charge in [-0.1, -0.05) is 26.0 Å². The smallest absolute Gasteiger partial charge is 0.323 e. The number of amides is 3. The van der Waals surface area contributed by atoms with E-state index >= 15 is 0 Å². The fourth-order valence-electron chi connectivity index (χ4n) is 4.37. The maximum absolute atomic E-state index is 13.9. The third-order valence-corrected chi connectivity index (χ3v) is 6.47. The summed E-state index contributed by atoms with van der Waals surface area (Å²) in [7, 11) is 3.43. The lowest BCUT2D eigenvalue weighted by atomic mass is 10.0. The second kappa shape index (κ2) is 12.7. The number of methoxy groups -OCH3 is 1. The minimum Gasteiger partial charge on any atom is -0.491 e. The van der Waals surface area contributed by atoms with E-state index in [1.807, 2.05) is 0 Å². The Labute approximate surface area is 212 Å². The molecule has 3 rings (SSSR count). The molecule has 0 saturated heterocycles. The van der Waals surface area contributed by atoms with E-state index in [-0.39, 0.29) is 29.7 Å². The number of benzene rings is 2. The Morgan fingerprint density at radius 3 is 2.61 bits per heavy atom. The van der Waals surface area contributed by atoms with Crippen molar-refractivity contribution < 1.29 is 23.5 Å². The van der Waals surface area contributed by atoms with Crippen molar-refractivity contribution in [1.82, 2.24) is 9.80 Å². The molecule has 9 heteroatoms. The predicted molar refractivity (Wildman–Crippen MR) is 139 cm³/mol. The first-order valence-corrected chi connectivity index (χ1v) is 12.3. The van der Waals surface area contributed by atoms with E-state index in [0.717, 1.165) is 19.5 Å². The molecule has 3 amide bonds. The molecule has 2 aromatic carbocycles. The molecule has 0 radical (unpaired) electrons. The van der Waals surface area contributed by atoms with Gasteiger partial charge in [0.1, 0.15) is 18.2 Å². The second-order valence-corrected chi connectivity index (χ2v) is 9.36. The van der Waals surface area contributed by atoms with Crippen LogP contribution in [0.3, 0.4) is 0 Å². The molecule has 1 heterocycles. The van der Waals surface area contributed by atoms with E-state index in [1.54, 1.807) is 49.4 Å². The van der Waals surface area contributed by atoms with Crippen LogP contribution in [-0.2, 0) is 4.74 Å². The number of likely N-dealkylation sites (N-methyl/N-ethyl adjacent to an activating group) is 1. The zero-order valence-corrected chi connectivity index (χ0v) is 21.7. The van der Waals surface area contributed by atoms with E-state index in [9.17, 15) is 14.0 Å². The average molecular weight is 501 g/mol. The SMILES string of the molecule is CCCN1C[C@@H](C)[C@H](OC)CN(C)C(=O)c2ccc(NC(=O)Nc3ccccc3F)cc2OC[C@@H]1C. The van der Waals surface area contributed by atoms with Gasteiger partial charge in [0.25, 0.3) is 5.91 Å². The molecule has 1 aliphatic rings. The number of hydrogen-bond acceptors (Lipinski definition) is 5. The molecule has 0 unspecified atom stereocenters. The maximum Gasteiger partial charge on any atom is 0.323 e. The highest BCUT2D eigenvalue weighted by molar-refractivity contribution is 6.01. The fourth-order valence-corrected chi connectivity index (χ4v) is 4.37. The van der Waals surface area contributed by atoms with Crippen molar-refractivity contribution in [2.75, 3.05) is 51.0 Å². The molecular weight excluding hydrogens is 463 g/mol. The number of nitrogens with one attached hydrogen (secondary N) is 2. The quantitative estimate of drug-likeness (QED) is 0.623. The number of rotatable bonds is 5. The first-order valence-electron chi connectivity index (χ1n) is 12.3. The number of ether oxygens (including phenoxy) is 2. The lowest BCUT2D eigenvalue weighted by Gasteiger charge is -2.35. The maximum atomic E-state index is 13.9. The zero-order valence-electron chi connectivity index (χ0n) is 21.7. The number of carbonyl (C=O) groups is 2. The third-order valence-electron chi connectivity index (χ3n) is 6.47. The van der Waals surface area contributed by atoms with E-state index in [2.05, 4.69) is 36.3 Å². The third kappa shape index (κ3) is 6.95. The molecule has 0 bridgehead atoms. The Hall–Kier alpha value is -3.17. The highest BCUT2D eigenvalue weighted by atomic mass is 19.1. The van der Waals surface area contributed by atoms with Gasteiger partial charge in [0.05, 0.1) is 17.4 Å². The number of fused-ring (bicyclic) bond motifs is 1. The topological polar surface area (TPSA) is 83.1 Å². The summed E-state index contributed by atoms with van der Waals surface area (Å²) < 4.78 is 25.8. The van der Waals surface area contributed by atoms with Gasteiger partial charge in [-0.05, 0) is 50.1 Å². The van der Waals surface area contributed by atoms with E-state index < -0.39 is 11.8 Å². The first kappa shape index (κ1) is 27.4. The van der Waals surface area contributed by atoms with Crippen molar-refractivity contribution in [3.05, 3.63) is 53.8 Å². The number of para-hydroxylation sites is 1. The molecule has 8 nitrogen and oxygen atoms in total. The molecule has 196 valence electrons. The molecule has 0 saturated carbocycles. The fraction of sp³-hybridized carbons (Fsp3) is 0.481. The van der Waals surface area contributed by atoms with E-state index in [0.29, 0.717) is 30.2 Å². The molecule has 0 aromatic heterocycles. The van der Waals surface area contributed by atoms with Crippen molar-refractivity contribution >= 4 is 23.3 Å². The van der Waals surface area contributed by atoms with Gasteiger partial charge < -0.3 is 25.0 Å². The Kier molecular flexibility index (Phi) is 9.66. The monoisotopic (exact) mass is 500 g/mol. The van der Waals surface area contributed by atoms with Gasteiger partial charge in [0, 0.05) is 45.0 Å². The van der Waals surface area contributed by atoms with Crippen molar-refractivity contribution in [2.45, 2.75) is 39.3 Å². The van der Waals surface area contributed by atoms with Crippen LogP contribution >= 0.6 is 0 Å². The average Bonchev–Trinajstić information content (AvgIpc) is 2.85. The van der Waals surface area contributed by atoms with Gasteiger partial charge >= 0.3 is 6.03 Å². The number of carbonyl (C=O) groups excluding carboxylic acids is 2. The summed E-state index contributed by atoms with van der Waals surface area (Å²) >= 11 is 0. The lowest BCUT2D eigenvalue weighted by molar-refractivity contribution is 0.0108. The van der Waals surface area contributed by atoms with Gasteiger partial charge in [-0.15, -0.1) is 0 Å². The van der Waals surface area contributed by atoms with Crippen LogP contribution in [-0.4, -0.2) is 74.3 Å². The van der Waals surface area contributed by atoms with Crippen LogP contribution in [0.5, 0.6) is 5.75 Å². The number of urea groups is 1. The molecular formula is C27H37FN4O4. The van der Waals surface area contributed by atoms with Crippen LogP contribution < -0.4 is 15.4 Å². The Morgan fingerprint density at radius 2 is 1.92 bits per heavy atom. The van der Waals surface area contributed by atoms with Gasteiger partial charge in [0.15, 0.2) is 0 Å². The molecule has 2 N–H and O–H groups in total. The Balaban J connectivity index is 1.86. The van der Waals surface area contributed by atoms with Crippen LogP contribution in [0.1, 0.15) is 37.6 Å². The summed E-state index contributed by atoms with van der Waals surface area (Å²) in [5, 5.41) is 5.18. The van der Waals surface area contributed by atoms with Gasteiger partial charge in [-0.25, -0.2) is 9.18 Å². The molecule has 0 fully saturated rings. The van der Waals surface area contributed by atoms with Crippen LogP contribution in [0.15, 0.2) is 42.5 Å². The largest absolute Gasteiger partial charge is 0.491 e. The molecule has 36 heavy (non-hydrogen) atoms. The molecule has 0 aliphatic carbocycles. The number of anilines is 2. The Bertz CT molecular complexity index is 1050. The summed E-state index contributed by atoms with van der Waals surface area (Å²) in [6, 6.07) is 10.3. The first-order chi connectivity index (χ1) is 17.2. The van der Waals surface area contributed by atoms with Crippen molar-refractivity contribution in [1.29, 1.82) is 0 Å². The lowest BCUT2D eigenvalue weighted by Crippen LogP contribution is -2.46. The van der Waals surface area contributed by atoms with Crippen LogP contribution in [0, 0.1) is 11.7 Å².